The average molecular weight is 486 g/mol. The van der Waals surface area contributed by atoms with Crippen LogP contribution in [0.4, 0.5) is 23.2 Å². The van der Waals surface area contributed by atoms with Gasteiger partial charge in [0.15, 0.2) is 11.6 Å². The maximum atomic E-state index is 15.1. The van der Waals surface area contributed by atoms with Gasteiger partial charge in [-0.15, -0.1) is 0 Å². The molecule has 0 bridgehead atoms. The molecule has 4 heterocycles. The first-order valence-electron chi connectivity index (χ1n) is 10.5. The van der Waals surface area contributed by atoms with E-state index in [9.17, 15) is 18.0 Å². The number of hydrogen-bond donors (Lipinski definition) is 1. The monoisotopic (exact) mass is 486 g/mol. The van der Waals surface area contributed by atoms with Crippen LogP contribution in [0.3, 0.4) is 0 Å². The molecule has 35 heavy (non-hydrogen) atoms. The average Bonchev–Trinajstić information content (AvgIpc) is 3.57. The number of alkyl halides is 2. The Labute approximate surface area is 196 Å². The third-order valence-corrected chi connectivity index (χ3v) is 5.75. The number of halogens is 4. The normalized spacial score (nSPS) is 17.0. The molecule has 7 nitrogen and oxygen atoms in total. The van der Waals surface area contributed by atoms with Crippen molar-refractivity contribution in [2.75, 3.05) is 18.5 Å². The predicted molar refractivity (Wildman–Crippen MR) is 117 cm³/mol. The molecule has 180 valence electrons. The third kappa shape index (κ3) is 4.08. The lowest BCUT2D eigenvalue weighted by atomic mass is 10.0. The fraction of sp³-hybridized carbons (Fsp3) is 0.208. The number of ether oxygens (including phenoxy) is 1. The van der Waals surface area contributed by atoms with Gasteiger partial charge in [0.2, 0.25) is 0 Å². The van der Waals surface area contributed by atoms with Crippen molar-refractivity contribution in [3.8, 4) is 22.5 Å². The molecule has 0 aliphatic carbocycles. The summed E-state index contributed by atoms with van der Waals surface area (Å²) in [7, 11) is 0. The van der Waals surface area contributed by atoms with E-state index in [1.165, 1.54) is 53.6 Å². The molecule has 0 radical (unpaired) electrons. The number of nitrogens with zero attached hydrogens (tertiary/aromatic N) is 3. The highest BCUT2D eigenvalue weighted by atomic mass is 19.3. The predicted octanol–water partition coefficient (Wildman–Crippen LogP) is 5.25. The van der Waals surface area contributed by atoms with Crippen LogP contribution in [-0.4, -0.2) is 39.6 Å². The maximum Gasteiger partial charge on any atom is 0.293 e. The van der Waals surface area contributed by atoms with E-state index < -0.39 is 36.1 Å². The standard InChI is InChI=1S/C24H18F4N4O3/c1-13-19(21(16(26)9-29-13)31-23(33)17-3-2-8-35-17)22-20(14-4-6-15(25)7-5-14)30-12-32(22)18-10-34-11-24(18,27)28/h2-9,12,18H,10-11H2,1H3,(H,29,31,33). The van der Waals surface area contributed by atoms with Crippen LogP contribution in [-0.2, 0) is 4.74 Å². The lowest BCUT2D eigenvalue weighted by Gasteiger charge is -2.23. The maximum absolute atomic E-state index is 15.1. The Balaban J connectivity index is 1.74. The number of carbonyl (C=O) groups excluding carboxylic acids is 1. The lowest BCUT2D eigenvalue weighted by molar-refractivity contribution is -0.0320. The SMILES string of the molecule is Cc1ncc(F)c(NC(=O)c2ccco2)c1-c1c(-c2ccc(F)cc2)ncn1C1COCC1(F)F. The van der Waals surface area contributed by atoms with Gasteiger partial charge in [-0.1, -0.05) is 0 Å². The summed E-state index contributed by atoms with van der Waals surface area (Å²) in [5, 5.41) is 2.47. The quantitative estimate of drug-likeness (QED) is 0.390. The number of benzene rings is 1. The van der Waals surface area contributed by atoms with Crippen molar-refractivity contribution in [3.05, 3.63) is 78.3 Å². The summed E-state index contributed by atoms with van der Waals surface area (Å²) in [6.45, 7) is 0.450. The van der Waals surface area contributed by atoms with E-state index in [2.05, 4.69) is 15.3 Å². The second-order valence-electron chi connectivity index (χ2n) is 8.02. The van der Waals surface area contributed by atoms with Crippen LogP contribution in [0.5, 0.6) is 0 Å². The molecule has 1 aromatic carbocycles. The first-order valence-corrected chi connectivity index (χ1v) is 10.5. The number of carbonyl (C=O) groups is 1. The highest BCUT2D eigenvalue weighted by Gasteiger charge is 2.48. The minimum Gasteiger partial charge on any atom is -0.459 e. The van der Waals surface area contributed by atoms with Crippen molar-refractivity contribution >= 4 is 11.6 Å². The highest BCUT2D eigenvalue weighted by Crippen LogP contribution is 2.44. The van der Waals surface area contributed by atoms with Gasteiger partial charge in [0.25, 0.3) is 11.8 Å². The molecule has 5 rings (SSSR count). The molecule has 1 saturated heterocycles. The molecule has 1 fully saturated rings. The van der Waals surface area contributed by atoms with Crippen molar-refractivity contribution in [1.82, 2.24) is 14.5 Å². The van der Waals surface area contributed by atoms with Crippen molar-refractivity contribution < 1.29 is 31.5 Å². The zero-order valence-electron chi connectivity index (χ0n) is 18.3. The molecule has 1 atom stereocenters. The number of pyridine rings is 1. The number of furan rings is 1. The molecular weight excluding hydrogens is 468 g/mol. The Hall–Kier alpha value is -3.99. The summed E-state index contributed by atoms with van der Waals surface area (Å²) in [4.78, 5) is 21.1. The molecule has 4 aromatic rings. The van der Waals surface area contributed by atoms with Crippen molar-refractivity contribution in [2.45, 2.75) is 18.9 Å². The van der Waals surface area contributed by atoms with Gasteiger partial charge in [-0.25, -0.2) is 22.5 Å². The summed E-state index contributed by atoms with van der Waals surface area (Å²) in [6, 6.07) is 6.69. The highest BCUT2D eigenvalue weighted by molar-refractivity contribution is 6.05. The molecule has 1 aliphatic rings. The fourth-order valence-electron chi connectivity index (χ4n) is 4.05. The number of imidazole rings is 1. The van der Waals surface area contributed by atoms with Crippen LogP contribution < -0.4 is 5.32 Å². The number of hydrogen-bond acceptors (Lipinski definition) is 5. The molecule has 1 N–H and O–H groups in total. The van der Waals surface area contributed by atoms with E-state index in [1.54, 1.807) is 6.92 Å². The molecule has 1 amide bonds. The summed E-state index contributed by atoms with van der Waals surface area (Å²) in [6.07, 6.45) is 3.40. The van der Waals surface area contributed by atoms with Crippen LogP contribution in [0, 0.1) is 18.6 Å². The van der Waals surface area contributed by atoms with Crippen molar-refractivity contribution in [2.24, 2.45) is 0 Å². The summed E-state index contributed by atoms with van der Waals surface area (Å²) in [5.41, 5.74) is 0.654. The number of anilines is 1. The second-order valence-corrected chi connectivity index (χ2v) is 8.02. The van der Waals surface area contributed by atoms with Crippen LogP contribution >= 0.6 is 0 Å². The van der Waals surface area contributed by atoms with Gasteiger partial charge in [-0.3, -0.25) is 9.78 Å². The largest absolute Gasteiger partial charge is 0.459 e. The lowest BCUT2D eigenvalue weighted by Crippen LogP contribution is -2.29. The molecule has 0 spiro atoms. The molecule has 1 unspecified atom stereocenters. The van der Waals surface area contributed by atoms with Crippen LogP contribution in [0.2, 0.25) is 0 Å². The van der Waals surface area contributed by atoms with Gasteiger partial charge < -0.3 is 19.0 Å². The summed E-state index contributed by atoms with van der Waals surface area (Å²) < 4.78 is 69.5. The zero-order valence-corrected chi connectivity index (χ0v) is 18.3. The first kappa shape index (κ1) is 22.8. The van der Waals surface area contributed by atoms with E-state index >= 15 is 4.39 Å². The van der Waals surface area contributed by atoms with Crippen LogP contribution in [0.15, 0.2) is 59.6 Å². The Bertz CT molecular complexity index is 1380. The van der Waals surface area contributed by atoms with Crippen LogP contribution in [0.1, 0.15) is 22.3 Å². The minimum absolute atomic E-state index is 0.0458. The molecule has 11 heteroatoms. The van der Waals surface area contributed by atoms with Gasteiger partial charge in [-0.2, -0.15) is 0 Å². The number of nitrogens with one attached hydrogen (secondary N) is 1. The number of aromatic nitrogens is 3. The van der Waals surface area contributed by atoms with E-state index in [4.69, 9.17) is 9.15 Å². The van der Waals surface area contributed by atoms with Gasteiger partial charge in [0.05, 0.1) is 42.5 Å². The Kier molecular flexibility index (Phi) is 5.64. The van der Waals surface area contributed by atoms with Gasteiger partial charge in [0, 0.05) is 16.8 Å². The minimum atomic E-state index is -3.23. The van der Waals surface area contributed by atoms with E-state index in [-0.39, 0.29) is 40.7 Å². The first-order chi connectivity index (χ1) is 16.8. The summed E-state index contributed by atoms with van der Waals surface area (Å²) >= 11 is 0. The van der Waals surface area contributed by atoms with E-state index in [0.29, 0.717) is 5.56 Å². The molecule has 1 aliphatic heterocycles. The number of amides is 1. The van der Waals surface area contributed by atoms with Gasteiger partial charge >= 0.3 is 0 Å². The zero-order chi connectivity index (χ0) is 24.7. The number of aryl methyl sites for hydroxylation is 1. The van der Waals surface area contributed by atoms with Gasteiger partial charge in [0.1, 0.15) is 18.5 Å². The fourth-order valence-corrected chi connectivity index (χ4v) is 4.05. The smallest absolute Gasteiger partial charge is 0.293 e. The van der Waals surface area contributed by atoms with Crippen LogP contribution in [0.25, 0.3) is 22.5 Å². The van der Waals surface area contributed by atoms with E-state index in [0.717, 1.165) is 6.20 Å². The summed E-state index contributed by atoms with van der Waals surface area (Å²) in [5.74, 6) is -5.45. The molecular formula is C24H18F4N4O3. The Morgan fingerprint density at radius 2 is 1.94 bits per heavy atom. The topological polar surface area (TPSA) is 82.2 Å². The number of rotatable bonds is 5. The van der Waals surface area contributed by atoms with Crippen molar-refractivity contribution in [1.29, 1.82) is 0 Å². The Morgan fingerprint density at radius 3 is 2.60 bits per heavy atom. The van der Waals surface area contributed by atoms with E-state index in [1.807, 2.05) is 0 Å². The molecule has 3 aromatic heterocycles. The van der Waals surface area contributed by atoms with Gasteiger partial charge in [-0.05, 0) is 43.3 Å². The Morgan fingerprint density at radius 1 is 1.17 bits per heavy atom. The van der Waals surface area contributed by atoms with Crippen molar-refractivity contribution in [3.63, 3.8) is 0 Å². The third-order valence-electron chi connectivity index (χ3n) is 5.75. The molecule has 0 saturated carbocycles. The second kappa shape index (κ2) is 8.66.